The number of methoxy groups -OCH3 is 1. The lowest BCUT2D eigenvalue weighted by Gasteiger charge is -2.30. The highest BCUT2D eigenvalue weighted by Gasteiger charge is 2.29. The van der Waals surface area contributed by atoms with E-state index in [4.69, 9.17) is 20.8 Å². The Labute approximate surface area is 160 Å². The Kier molecular flexibility index (Phi) is 5.41. The van der Waals surface area contributed by atoms with Crippen LogP contribution in [0.5, 0.6) is 5.75 Å². The second-order valence-electron chi connectivity index (χ2n) is 6.67. The second kappa shape index (κ2) is 7.60. The summed E-state index contributed by atoms with van der Waals surface area (Å²) in [5, 5.41) is 10.2. The molecule has 1 fully saturated rings. The van der Waals surface area contributed by atoms with E-state index in [1.54, 1.807) is 19.1 Å². The molecule has 0 aliphatic carbocycles. The van der Waals surface area contributed by atoms with E-state index in [1.165, 1.54) is 12.0 Å². The van der Waals surface area contributed by atoms with Crippen molar-refractivity contribution in [3.63, 3.8) is 0 Å². The summed E-state index contributed by atoms with van der Waals surface area (Å²) in [6.07, 6.45) is 1.04. The van der Waals surface area contributed by atoms with Crippen LogP contribution in [0.15, 0.2) is 21.3 Å². The van der Waals surface area contributed by atoms with Gasteiger partial charge in [-0.25, -0.2) is 4.79 Å². The quantitative estimate of drug-likeness (QED) is 0.802. The van der Waals surface area contributed by atoms with Gasteiger partial charge in [-0.1, -0.05) is 11.6 Å². The number of aliphatic carboxylic acids is 1. The highest BCUT2D eigenvalue weighted by atomic mass is 35.5. The van der Waals surface area contributed by atoms with Crippen LogP contribution in [0.4, 0.5) is 0 Å². The normalized spacial score (nSPS) is 17.1. The number of carboxylic acids is 1. The Morgan fingerprint density at radius 2 is 2.15 bits per heavy atom. The van der Waals surface area contributed by atoms with E-state index in [-0.39, 0.29) is 24.4 Å². The molecule has 1 aromatic heterocycles. The first-order valence-electron chi connectivity index (χ1n) is 8.62. The zero-order valence-electron chi connectivity index (χ0n) is 15.1. The van der Waals surface area contributed by atoms with Crippen LogP contribution in [-0.2, 0) is 16.0 Å². The van der Waals surface area contributed by atoms with E-state index < -0.39 is 17.5 Å². The Hall–Kier alpha value is -2.54. The highest BCUT2D eigenvalue weighted by Crippen LogP contribution is 2.31. The Bertz CT molecular complexity index is 967. The molecule has 1 aromatic carbocycles. The average molecular weight is 394 g/mol. The molecule has 8 heteroatoms. The van der Waals surface area contributed by atoms with Crippen LogP contribution in [0.25, 0.3) is 11.0 Å². The van der Waals surface area contributed by atoms with Crippen molar-refractivity contribution in [3.8, 4) is 5.75 Å². The molecule has 1 atom stereocenters. The van der Waals surface area contributed by atoms with E-state index in [2.05, 4.69) is 0 Å². The maximum atomic E-state index is 12.6. The number of nitrogens with zero attached hydrogens (tertiary/aromatic N) is 1. The van der Waals surface area contributed by atoms with E-state index in [1.807, 2.05) is 0 Å². The number of fused-ring (bicyclic) bond motifs is 1. The number of carboxylic acid groups (broad SMARTS) is 1. The molecule has 1 aliphatic heterocycles. The number of benzene rings is 1. The molecule has 0 spiro atoms. The zero-order chi connectivity index (χ0) is 19.7. The molecule has 0 bridgehead atoms. The Morgan fingerprint density at radius 3 is 2.81 bits per heavy atom. The van der Waals surface area contributed by atoms with Crippen molar-refractivity contribution in [2.75, 3.05) is 20.2 Å². The predicted molar refractivity (Wildman–Crippen MR) is 99.4 cm³/mol. The fourth-order valence-electron chi connectivity index (χ4n) is 3.42. The molecule has 3 rings (SSSR count). The van der Waals surface area contributed by atoms with Gasteiger partial charge in [0.1, 0.15) is 11.3 Å². The lowest BCUT2D eigenvalue weighted by Crippen LogP contribution is -2.43. The molecular formula is C19H20ClNO6. The fraction of sp³-hybridized carbons (Fsp3) is 0.421. The minimum atomic E-state index is -0.905. The SMILES string of the molecule is COc1cc2oc(=O)c(CC(=O)N3CCC[C@@H](C(=O)O)C3)c(C)c2cc1Cl. The highest BCUT2D eigenvalue weighted by molar-refractivity contribution is 6.32. The van der Waals surface area contributed by atoms with Gasteiger partial charge in [0.05, 0.1) is 30.0 Å². The minimum absolute atomic E-state index is 0.139. The van der Waals surface area contributed by atoms with Gasteiger partial charge in [-0.3, -0.25) is 9.59 Å². The number of ether oxygens (including phenoxy) is 1. The van der Waals surface area contributed by atoms with Gasteiger partial charge in [0.25, 0.3) is 0 Å². The van der Waals surface area contributed by atoms with Crippen molar-refractivity contribution in [1.29, 1.82) is 0 Å². The van der Waals surface area contributed by atoms with E-state index in [0.29, 0.717) is 46.7 Å². The number of amides is 1. The molecule has 0 radical (unpaired) electrons. The molecule has 0 unspecified atom stereocenters. The molecule has 1 N–H and O–H groups in total. The summed E-state index contributed by atoms with van der Waals surface area (Å²) in [4.78, 5) is 37.8. The molecule has 1 aliphatic rings. The molecule has 144 valence electrons. The van der Waals surface area contributed by atoms with Crippen molar-refractivity contribution < 1.29 is 23.8 Å². The van der Waals surface area contributed by atoms with Crippen LogP contribution >= 0.6 is 11.6 Å². The van der Waals surface area contributed by atoms with Gasteiger partial charge in [0.2, 0.25) is 5.91 Å². The van der Waals surface area contributed by atoms with Crippen molar-refractivity contribution >= 4 is 34.4 Å². The lowest BCUT2D eigenvalue weighted by molar-refractivity contribution is -0.145. The summed E-state index contributed by atoms with van der Waals surface area (Å²) in [6.45, 7) is 2.39. The number of hydrogen-bond donors (Lipinski definition) is 1. The number of carbonyl (C=O) groups is 2. The number of aryl methyl sites for hydroxylation is 1. The van der Waals surface area contributed by atoms with Crippen molar-refractivity contribution in [3.05, 3.63) is 38.7 Å². The number of likely N-dealkylation sites (tertiary alicyclic amines) is 1. The van der Waals surface area contributed by atoms with Crippen LogP contribution in [0, 0.1) is 12.8 Å². The Balaban J connectivity index is 1.91. The summed E-state index contributed by atoms with van der Waals surface area (Å²) in [5.74, 6) is -1.36. The summed E-state index contributed by atoms with van der Waals surface area (Å²) in [6, 6.07) is 3.18. The van der Waals surface area contributed by atoms with Crippen molar-refractivity contribution in [2.45, 2.75) is 26.2 Å². The van der Waals surface area contributed by atoms with Gasteiger partial charge in [-0.15, -0.1) is 0 Å². The average Bonchev–Trinajstić information content (AvgIpc) is 2.65. The standard InChI is InChI=1S/C19H20ClNO6/c1-10-12-6-14(20)16(26-2)8-15(12)27-19(25)13(10)7-17(22)21-5-3-4-11(9-21)18(23)24/h6,8,11H,3-5,7,9H2,1-2H3,(H,23,24)/t11-/m1/s1. The van der Waals surface area contributed by atoms with E-state index in [9.17, 15) is 19.5 Å². The Morgan fingerprint density at radius 1 is 1.41 bits per heavy atom. The first-order chi connectivity index (χ1) is 12.8. The lowest BCUT2D eigenvalue weighted by atomic mass is 9.97. The summed E-state index contributed by atoms with van der Waals surface area (Å²) in [7, 11) is 1.47. The van der Waals surface area contributed by atoms with Gasteiger partial charge in [0, 0.05) is 24.5 Å². The molecule has 1 amide bonds. The van der Waals surface area contributed by atoms with Crippen molar-refractivity contribution in [1.82, 2.24) is 4.90 Å². The van der Waals surface area contributed by atoms with Gasteiger partial charge >= 0.3 is 11.6 Å². The smallest absolute Gasteiger partial charge is 0.340 e. The van der Waals surface area contributed by atoms with Crippen LogP contribution in [0.1, 0.15) is 24.0 Å². The number of piperidine rings is 1. The fourth-order valence-corrected chi connectivity index (χ4v) is 3.66. The predicted octanol–water partition coefficient (Wildman–Crippen LogP) is 2.63. The van der Waals surface area contributed by atoms with Gasteiger partial charge in [-0.2, -0.15) is 0 Å². The van der Waals surface area contributed by atoms with Gasteiger partial charge in [-0.05, 0) is 31.4 Å². The van der Waals surface area contributed by atoms with Gasteiger partial charge in [0.15, 0.2) is 0 Å². The van der Waals surface area contributed by atoms with Crippen LogP contribution < -0.4 is 10.4 Å². The monoisotopic (exact) mass is 393 g/mol. The van der Waals surface area contributed by atoms with Gasteiger partial charge < -0.3 is 19.2 Å². The van der Waals surface area contributed by atoms with Crippen LogP contribution in [0.3, 0.4) is 0 Å². The molecule has 7 nitrogen and oxygen atoms in total. The molecule has 0 saturated carbocycles. The molecule has 2 heterocycles. The van der Waals surface area contributed by atoms with Crippen molar-refractivity contribution in [2.24, 2.45) is 5.92 Å². The number of halogens is 1. The largest absolute Gasteiger partial charge is 0.495 e. The second-order valence-corrected chi connectivity index (χ2v) is 7.08. The molecular weight excluding hydrogens is 374 g/mol. The maximum absolute atomic E-state index is 12.6. The first-order valence-corrected chi connectivity index (χ1v) is 9.00. The van der Waals surface area contributed by atoms with Crippen LogP contribution in [0.2, 0.25) is 5.02 Å². The zero-order valence-corrected chi connectivity index (χ0v) is 15.8. The first kappa shape index (κ1) is 19.2. The third-order valence-corrected chi connectivity index (χ3v) is 5.31. The van der Waals surface area contributed by atoms with E-state index >= 15 is 0 Å². The topological polar surface area (TPSA) is 97.0 Å². The third-order valence-electron chi connectivity index (χ3n) is 5.01. The summed E-state index contributed by atoms with van der Waals surface area (Å²) >= 11 is 6.17. The molecule has 1 saturated heterocycles. The van der Waals surface area contributed by atoms with Crippen LogP contribution in [-0.4, -0.2) is 42.1 Å². The number of hydrogen-bond acceptors (Lipinski definition) is 5. The minimum Gasteiger partial charge on any atom is -0.495 e. The third kappa shape index (κ3) is 3.78. The molecule has 27 heavy (non-hydrogen) atoms. The number of carbonyl (C=O) groups excluding carboxylic acids is 1. The molecule has 2 aromatic rings. The maximum Gasteiger partial charge on any atom is 0.340 e. The number of rotatable bonds is 4. The summed E-state index contributed by atoms with van der Waals surface area (Å²) in [5.41, 5.74) is 0.612. The van der Waals surface area contributed by atoms with E-state index in [0.717, 1.165) is 0 Å². The summed E-state index contributed by atoms with van der Waals surface area (Å²) < 4.78 is 10.5.